The lowest BCUT2D eigenvalue weighted by Gasteiger charge is -2.05. The van der Waals surface area contributed by atoms with Crippen molar-refractivity contribution in [3.63, 3.8) is 0 Å². The highest BCUT2D eigenvalue weighted by Gasteiger charge is 2.08. The maximum atomic E-state index is 11.9. The van der Waals surface area contributed by atoms with Gasteiger partial charge < -0.3 is 5.32 Å². The van der Waals surface area contributed by atoms with E-state index >= 15 is 0 Å². The van der Waals surface area contributed by atoms with Crippen molar-refractivity contribution in [1.82, 2.24) is 10.3 Å². The molecule has 2 aromatic rings. The number of benzene rings is 1. The van der Waals surface area contributed by atoms with Gasteiger partial charge in [-0.15, -0.1) is 24.0 Å². The standard InChI is InChI=1S/C13H14N2OS2/c1-9-8-18-12(15-9)6-7-14-13(16)10-4-2-3-5-11(10)17/h2-5,8,17H,6-7H2,1H3,(H,14,16). The van der Waals surface area contributed by atoms with Crippen LogP contribution in [0.1, 0.15) is 21.1 Å². The van der Waals surface area contributed by atoms with E-state index < -0.39 is 0 Å². The third-order valence-electron chi connectivity index (χ3n) is 2.44. The van der Waals surface area contributed by atoms with Crippen molar-refractivity contribution in [2.24, 2.45) is 0 Å². The molecule has 2 rings (SSSR count). The fraction of sp³-hybridized carbons (Fsp3) is 0.231. The van der Waals surface area contributed by atoms with Gasteiger partial charge in [0.2, 0.25) is 0 Å². The van der Waals surface area contributed by atoms with Crippen LogP contribution < -0.4 is 5.32 Å². The zero-order chi connectivity index (χ0) is 13.0. The van der Waals surface area contributed by atoms with Gasteiger partial charge in [-0.3, -0.25) is 4.79 Å². The molecular formula is C13H14N2OS2. The summed E-state index contributed by atoms with van der Waals surface area (Å²) in [6.07, 6.45) is 0.763. The van der Waals surface area contributed by atoms with Gasteiger partial charge in [0.1, 0.15) is 0 Å². The van der Waals surface area contributed by atoms with Crippen LogP contribution in [0.25, 0.3) is 0 Å². The summed E-state index contributed by atoms with van der Waals surface area (Å²) in [5, 5.41) is 5.94. The Morgan fingerprint density at radius 1 is 1.44 bits per heavy atom. The molecule has 5 heteroatoms. The van der Waals surface area contributed by atoms with E-state index in [1.54, 1.807) is 17.4 Å². The van der Waals surface area contributed by atoms with Crippen LogP contribution in [0.15, 0.2) is 34.5 Å². The van der Waals surface area contributed by atoms with Crippen LogP contribution in [0.4, 0.5) is 0 Å². The number of amides is 1. The fourth-order valence-corrected chi connectivity index (χ4v) is 2.60. The molecule has 0 saturated carbocycles. The number of carbonyl (C=O) groups is 1. The van der Waals surface area contributed by atoms with Crippen LogP contribution in [0.2, 0.25) is 0 Å². The highest BCUT2D eigenvalue weighted by molar-refractivity contribution is 7.80. The molecule has 0 aliphatic rings. The number of hydrogen-bond donors (Lipinski definition) is 2. The summed E-state index contributed by atoms with van der Waals surface area (Å²) in [6.45, 7) is 2.56. The first kappa shape index (κ1) is 13.1. The molecule has 0 unspecified atom stereocenters. The summed E-state index contributed by atoms with van der Waals surface area (Å²) in [5.74, 6) is -0.0890. The predicted molar refractivity (Wildman–Crippen MR) is 76.6 cm³/mol. The molecule has 94 valence electrons. The van der Waals surface area contributed by atoms with E-state index in [1.807, 2.05) is 30.5 Å². The maximum absolute atomic E-state index is 11.9. The van der Waals surface area contributed by atoms with E-state index in [-0.39, 0.29) is 5.91 Å². The molecule has 1 aromatic carbocycles. The van der Waals surface area contributed by atoms with E-state index in [0.29, 0.717) is 17.0 Å². The van der Waals surface area contributed by atoms with Crippen LogP contribution >= 0.6 is 24.0 Å². The third-order valence-corrected chi connectivity index (χ3v) is 3.86. The van der Waals surface area contributed by atoms with Gasteiger partial charge in [0, 0.05) is 28.9 Å². The Balaban J connectivity index is 1.87. The van der Waals surface area contributed by atoms with Gasteiger partial charge in [-0.25, -0.2) is 4.98 Å². The van der Waals surface area contributed by atoms with Crippen molar-refractivity contribution < 1.29 is 4.79 Å². The summed E-state index contributed by atoms with van der Waals surface area (Å²) >= 11 is 5.88. The molecule has 3 nitrogen and oxygen atoms in total. The number of nitrogens with one attached hydrogen (secondary N) is 1. The smallest absolute Gasteiger partial charge is 0.252 e. The first-order chi connectivity index (χ1) is 8.66. The largest absolute Gasteiger partial charge is 0.352 e. The maximum Gasteiger partial charge on any atom is 0.252 e. The lowest BCUT2D eigenvalue weighted by atomic mass is 10.2. The van der Waals surface area contributed by atoms with Crippen LogP contribution in [0, 0.1) is 6.92 Å². The van der Waals surface area contributed by atoms with Gasteiger partial charge in [-0.05, 0) is 19.1 Å². The summed E-state index contributed by atoms with van der Waals surface area (Å²) in [5.41, 5.74) is 1.64. The molecule has 0 aliphatic carbocycles. The van der Waals surface area contributed by atoms with Gasteiger partial charge in [-0.1, -0.05) is 12.1 Å². The summed E-state index contributed by atoms with van der Waals surface area (Å²) in [7, 11) is 0. The molecule has 0 radical (unpaired) electrons. The highest BCUT2D eigenvalue weighted by Crippen LogP contribution is 2.12. The summed E-state index contributed by atoms with van der Waals surface area (Å²) < 4.78 is 0. The van der Waals surface area contributed by atoms with E-state index in [2.05, 4.69) is 22.9 Å². The van der Waals surface area contributed by atoms with Gasteiger partial charge >= 0.3 is 0 Å². The van der Waals surface area contributed by atoms with Crippen molar-refractivity contribution in [2.75, 3.05) is 6.54 Å². The normalized spacial score (nSPS) is 10.3. The molecular weight excluding hydrogens is 264 g/mol. The number of aromatic nitrogens is 1. The minimum atomic E-state index is -0.0890. The van der Waals surface area contributed by atoms with Gasteiger partial charge in [0.25, 0.3) is 5.91 Å². The summed E-state index contributed by atoms with van der Waals surface area (Å²) in [4.78, 5) is 16.9. The van der Waals surface area contributed by atoms with Crippen molar-refractivity contribution in [2.45, 2.75) is 18.2 Å². The van der Waals surface area contributed by atoms with Gasteiger partial charge in [-0.2, -0.15) is 0 Å². The zero-order valence-electron chi connectivity index (χ0n) is 10.0. The van der Waals surface area contributed by atoms with Crippen molar-refractivity contribution >= 4 is 29.9 Å². The summed E-state index contributed by atoms with van der Waals surface area (Å²) in [6, 6.07) is 7.27. The zero-order valence-corrected chi connectivity index (χ0v) is 11.7. The molecule has 0 fully saturated rings. The quantitative estimate of drug-likeness (QED) is 0.844. The Hall–Kier alpha value is -1.33. The van der Waals surface area contributed by atoms with E-state index in [9.17, 15) is 4.79 Å². The lowest BCUT2D eigenvalue weighted by Crippen LogP contribution is -2.26. The van der Waals surface area contributed by atoms with Crippen molar-refractivity contribution in [3.05, 3.63) is 45.9 Å². The monoisotopic (exact) mass is 278 g/mol. The van der Waals surface area contributed by atoms with Crippen LogP contribution in [0.3, 0.4) is 0 Å². The Morgan fingerprint density at radius 2 is 2.22 bits per heavy atom. The van der Waals surface area contributed by atoms with Crippen LogP contribution in [-0.2, 0) is 6.42 Å². The lowest BCUT2D eigenvalue weighted by molar-refractivity contribution is 0.0951. The molecule has 1 amide bonds. The number of aryl methyl sites for hydroxylation is 1. The number of thiazole rings is 1. The molecule has 0 atom stereocenters. The van der Waals surface area contributed by atoms with Gasteiger partial charge in [0.15, 0.2) is 0 Å². The number of rotatable bonds is 4. The van der Waals surface area contributed by atoms with E-state index in [4.69, 9.17) is 0 Å². The number of carbonyl (C=O) groups excluding carboxylic acids is 1. The van der Waals surface area contributed by atoms with Crippen molar-refractivity contribution in [3.8, 4) is 0 Å². The number of hydrogen-bond acceptors (Lipinski definition) is 4. The molecule has 1 aromatic heterocycles. The Bertz CT molecular complexity index is 551. The minimum Gasteiger partial charge on any atom is -0.352 e. The van der Waals surface area contributed by atoms with Crippen molar-refractivity contribution in [1.29, 1.82) is 0 Å². The molecule has 0 saturated heterocycles. The molecule has 18 heavy (non-hydrogen) atoms. The Labute approximate surface area is 116 Å². The van der Waals surface area contributed by atoms with E-state index in [0.717, 1.165) is 17.1 Å². The fourth-order valence-electron chi connectivity index (χ4n) is 1.56. The van der Waals surface area contributed by atoms with Crippen LogP contribution in [-0.4, -0.2) is 17.4 Å². The molecule has 1 N–H and O–H groups in total. The SMILES string of the molecule is Cc1csc(CCNC(=O)c2ccccc2S)n1. The first-order valence-corrected chi connectivity index (χ1v) is 6.96. The number of thiol groups is 1. The predicted octanol–water partition coefficient (Wildman–Crippen LogP) is 2.71. The average molecular weight is 278 g/mol. The average Bonchev–Trinajstić information content (AvgIpc) is 2.75. The number of nitrogens with zero attached hydrogens (tertiary/aromatic N) is 1. The highest BCUT2D eigenvalue weighted by atomic mass is 32.1. The second-order valence-corrected chi connectivity index (χ2v) is 5.33. The van der Waals surface area contributed by atoms with Gasteiger partial charge in [0.05, 0.1) is 10.6 Å². The first-order valence-electron chi connectivity index (χ1n) is 5.64. The third kappa shape index (κ3) is 3.34. The van der Waals surface area contributed by atoms with E-state index in [1.165, 1.54) is 0 Å². The molecule has 1 heterocycles. The minimum absolute atomic E-state index is 0.0890. The van der Waals surface area contributed by atoms with Crippen LogP contribution in [0.5, 0.6) is 0 Å². The molecule has 0 bridgehead atoms. The topological polar surface area (TPSA) is 42.0 Å². The Kier molecular flexibility index (Phi) is 4.38. The second kappa shape index (κ2) is 6.02. The Morgan fingerprint density at radius 3 is 2.89 bits per heavy atom. The molecule has 0 aliphatic heterocycles. The molecule has 0 spiro atoms. The second-order valence-electron chi connectivity index (χ2n) is 3.91.